The van der Waals surface area contributed by atoms with E-state index in [2.05, 4.69) is 25.7 Å². The van der Waals surface area contributed by atoms with Crippen LogP contribution in [0.15, 0.2) is 83.3 Å². The van der Waals surface area contributed by atoms with E-state index in [1.54, 1.807) is 30.7 Å². The van der Waals surface area contributed by atoms with Gasteiger partial charge in [0, 0.05) is 28.7 Å². The fourth-order valence-corrected chi connectivity index (χ4v) is 3.74. The third-order valence-corrected chi connectivity index (χ3v) is 5.65. The Labute approximate surface area is 194 Å². The highest BCUT2D eigenvalue weighted by atomic mass is 35.5. The average molecular weight is 463 g/mol. The number of amides is 1. The number of hydrogen-bond donors (Lipinski definition) is 1. The normalized spacial score (nSPS) is 11.1. The molecule has 0 saturated heterocycles. The number of thioether (sulfide) groups is 1. The minimum absolute atomic E-state index is 0.137. The van der Waals surface area contributed by atoms with Crippen LogP contribution in [0.5, 0.6) is 0 Å². The van der Waals surface area contributed by atoms with Crippen molar-refractivity contribution in [2.24, 2.45) is 5.10 Å². The summed E-state index contributed by atoms with van der Waals surface area (Å²) >= 11 is 7.32. The molecule has 0 bridgehead atoms. The number of carbonyl (C=O) groups excluding carboxylic acids is 1. The Morgan fingerprint density at radius 3 is 2.50 bits per heavy atom. The van der Waals surface area contributed by atoms with Crippen LogP contribution in [0, 0.1) is 6.92 Å². The summed E-state index contributed by atoms with van der Waals surface area (Å²) in [5.41, 5.74) is 6.31. The largest absolute Gasteiger partial charge is 0.272 e. The lowest BCUT2D eigenvalue weighted by atomic mass is 10.2. The smallest absolute Gasteiger partial charge is 0.250 e. The molecule has 9 heteroatoms. The van der Waals surface area contributed by atoms with Crippen LogP contribution in [-0.4, -0.2) is 37.6 Å². The molecule has 0 aliphatic rings. The topological polar surface area (TPSA) is 85.1 Å². The first kappa shape index (κ1) is 21.7. The van der Waals surface area contributed by atoms with Crippen LogP contribution in [0.25, 0.3) is 17.1 Å². The second-order valence-corrected chi connectivity index (χ2v) is 8.23. The number of hydrazone groups is 1. The van der Waals surface area contributed by atoms with Gasteiger partial charge in [0.1, 0.15) is 0 Å². The Kier molecular flexibility index (Phi) is 6.94. The maximum atomic E-state index is 12.3. The van der Waals surface area contributed by atoms with Crippen molar-refractivity contribution in [2.45, 2.75) is 12.1 Å². The quantitative estimate of drug-likeness (QED) is 0.248. The fourth-order valence-electron chi connectivity index (χ4n) is 2.87. The number of aromatic nitrogens is 4. The summed E-state index contributed by atoms with van der Waals surface area (Å²) in [5.74, 6) is 0.564. The zero-order valence-corrected chi connectivity index (χ0v) is 18.7. The van der Waals surface area contributed by atoms with Gasteiger partial charge in [0.25, 0.3) is 5.91 Å². The molecule has 2 aromatic heterocycles. The van der Waals surface area contributed by atoms with Gasteiger partial charge < -0.3 is 0 Å². The van der Waals surface area contributed by atoms with Crippen LogP contribution in [0.3, 0.4) is 0 Å². The van der Waals surface area contributed by atoms with Crippen molar-refractivity contribution in [2.75, 3.05) is 5.75 Å². The van der Waals surface area contributed by atoms with Crippen molar-refractivity contribution in [1.29, 1.82) is 0 Å². The zero-order valence-electron chi connectivity index (χ0n) is 17.1. The number of benzene rings is 2. The third-order valence-electron chi connectivity index (χ3n) is 4.47. The molecule has 0 atom stereocenters. The Hall–Kier alpha value is -3.49. The van der Waals surface area contributed by atoms with E-state index >= 15 is 0 Å². The molecule has 0 unspecified atom stereocenters. The van der Waals surface area contributed by atoms with Gasteiger partial charge in [0.05, 0.1) is 12.0 Å². The Balaban J connectivity index is 1.53. The molecule has 4 rings (SSSR count). The first-order valence-corrected chi connectivity index (χ1v) is 11.1. The van der Waals surface area contributed by atoms with Crippen molar-refractivity contribution in [3.05, 3.63) is 89.2 Å². The maximum Gasteiger partial charge on any atom is 0.250 e. The molecule has 0 aliphatic heterocycles. The molecule has 1 amide bonds. The second-order valence-electron chi connectivity index (χ2n) is 6.85. The summed E-state index contributed by atoms with van der Waals surface area (Å²) in [4.78, 5) is 16.2. The van der Waals surface area contributed by atoms with Gasteiger partial charge in [-0.25, -0.2) is 5.43 Å². The zero-order chi connectivity index (χ0) is 22.3. The number of halogens is 1. The molecule has 4 aromatic rings. The molecular formula is C23H19ClN6OS. The summed E-state index contributed by atoms with van der Waals surface area (Å²) in [6.07, 6.45) is 4.89. The number of nitrogens with one attached hydrogen (secondary N) is 1. The molecule has 1 N–H and O–H groups in total. The number of aryl methyl sites for hydroxylation is 1. The molecule has 160 valence electrons. The third kappa shape index (κ3) is 5.40. The number of rotatable bonds is 7. The second kappa shape index (κ2) is 10.2. The van der Waals surface area contributed by atoms with E-state index < -0.39 is 0 Å². The first-order chi connectivity index (χ1) is 15.6. The lowest BCUT2D eigenvalue weighted by molar-refractivity contribution is -0.118. The van der Waals surface area contributed by atoms with Crippen molar-refractivity contribution in [1.82, 2.24) is 25.2 Å². The van der Waals surface area contributed by atoms with Gasteiger partial charge >= 0.3 is 0 Å². The first-order valence-electron chi connectivity index (χ1n) is 9.73. The van der Waals surface area contributed by atoms with E-state index in [4.69, 9.17) is 11.6 Å². The van der Waals surface area contributed by atoms with Crippen LogP contribution < -0.4 is 5.43 Å². The maximum absolute atomic E-state index is 12.3. The van der Waals surface area contributed by atoms with Crippen molar-refractivity contribution in [3.63, 3.8) is 0 Å². The molecular weight excluding hydrogens is 444 g/mol. The highest BCUT2D eigenvalue weighted by Gasteiger charge is 2.17. The number of pyridine rings is 1. The van der Waals surface area contributed by atoms with Gasteiger partial charge in [-0.15, -0.1) is 10.2 Å². The highest BCUT2D eigenvalue weighted by Crippen LogP contribution is 2.28. The summed E-state index contributed by atoms with van der Waals surface area (Å²) < 4.78 is 1.93. The lowest BCUT2D eigenvalue weighted by Crippen LogP contribution is -2.20. The molecule has 2 aromatic carbocycles. The Bertz CT molecular complexity index is 1220. The predicted octanol–water partition coefficient (Wildman–Crippen LogP) is 4.53. The molecule has 0 aliphatic carbocycles. The van der Waals surface area contributed by atoms with Crippen LogP contribution >= 0.6 is 23.4 Å². The predicted molar refractivity (Wildman–Crippen MR) is 127 cm³/mol. The average Bonchev–Trinajstić information content (AvgIpc) is 3.23. The minimum Gasteiger partial charge on any atom is -0.272 e. The summed E-state index contributed by atoms with van der Waals surface area (Å²) in [7, 11) is 0. The molecule has 0 saturated carbocycles. The molecule has 7 nitrogen and oxygen atoms in total. The van der Waals surface area contributed by atoms with Crippen molar-refractivity contribution < 1.29 is 4.79 Å². The molecule has 0 radical (unpaired) electrons. The SMILES string of the molecule is Cc1ccc(-n2c(SCC(=O)N/N=C/c3ccncc3)nnc2-c2ccc(Cl)cc2)cc1. The fraction of sp³-hybridized carbons (Fsp3) is 0.0870. The molecule has 32 heavy (non-hydrogen) atoms. The Morgan fingerprint density at radius 1 is 1.06 bits per heavy atom. The van der Waals surface area contributed by atoms with Gasteiger partial charge in [0.2, 0.25) is 0 Å². The van der Waals surface area contributed by atoms with Gasteiger partial charge in [0.15, 0.2) is 11.0 Å². The van der Waals surface area contributed by atoms with Gasteiger partial charge in [-0.1, -0.05) is 41.1 Å². The van der Waals surface area contributed by atoms with Crippen LogP contribution in [0.1, 0.15) is 11.1 Å². The van der Waals surface area contributed by atoms with E-state index in [9.17, 15) is 4.79 Å². The van der Waals surface area contributed by atoms with Gasteiger partial charge in [-0.2, -0.15) is 5.10 Å². The van der Waals surface area contributed by atoms with Crippen LogP contribution in [0.2, 0.25) is 5.02 Å². The Morgan fingerprint density at radius 2 is 1.78 bits per heavy atom. The minimum atomic E-state index is -0.244. The van der Waals surface area contributed by atoms with Crippen molar-refractivity contribution in [3.8, 4) is 17.1 Å². The monoisotopic (exact) mass is 462 g/mol. The van der Waals surface area contributed by atoms with E-state index in [1.165, 1.54) is 11.8 Å². The summed E-state index contributed by atoms with van der Waals surface area (Å²) in [6, 6.07) is 19.1. The molecule has 0 spiro atoms. The highest BCUT2D eigenvalue weighted by molar-refractivity contribution is 7.99. The van der Waals surface area contributed by atoms with Crippen LogP contribution in [0.4, 0.5) is 0 Å². The van der Waals surface area contributed by atoms with E-state index in [1.807, 2.05) is 60.0 Å². The van der Waals surface area contributed by atoms with Crippen molar-refractivity contribution >= 4 is 35.5 Å². The standard InChI is InChI=1S/C23H19ClN6OS/c1-16-2-8-20(9-3-16)30-22(18-4-6-19(24)7-5-18)28-29-23(30)32-15-21(31)27-26-14-17-10-12-25-13-11-17/h2-14H,15H2,1H3,(H,27,31)/b26-14+. The molecule has 0 fully saturated rings. The summed E-state index contributed by atoms with van der Waals surface area (Å²) in [5, 5.41) is 13.9. The van der Waals surface area contributed by atoms with Crippen LogP contribution in [-0.2, 0) is 4.79 Å². The molecule has 2 heterocycles. The number of hydrogen-bond acceptors (Lipinski definition) is 6. The van der Waals surface area contributed by atoms with E-state index in [-0.39, 0.29) is 11.7 Å². The number of carbonyl (C=O) groups is 1. The van der Waals surface area contributed by atoms with E-state index in [0.717, 1.165) is 22.4 Å². The van der Waals surface area contributed by atoms with E-state index in [0.29, 0.717) is 16.0 Å². The lowest BCUT2D eigenvalue weighted by Gasteiger charge is -2.10. The summed E-state index contributed by atoms with van der Waals surface area (Å²) in [6.45, 7) is 2.03. The number of nitrogens with zero attached hydrogens (tertiary/aromatic N) is 5. The van der Waals surface area contributed by atoms with Gasteiger partial charge in [-0.05, 0) is 61.0 Å². The van der Waals surface area contributed by atoms with Gasteiger partial charge in [-0.3, -0.25) is 14.3 Å².